The molecule has 1 aliphatic rings. The van der Waals surface area contributed by atoms with Gasteiger partial charge in [-0.05, 0) is 29.8 Å². The van der Waals surface area contributed by atoms with Crippen molar-refractivity contribution in [3.05, 3.63) is 86.0 Å². The van der Waals surface area contributed by atoms with Crippen molar-refractivity contribution in [1.29, 1.82) is 0 Å². The van der Waals surface area contributed by atoms with Crippen LogP contribution >= 0.6 is 11.6 Å². The largest absolute Gasteiger partial charge is 0.340 e. The number of halogens is 1. The summed E-state index contributed by atoms with van der Waals surface area (Å²) in [6.07, 6.45) is 0. The molecule has 1 fully saturated rings. The minimum atomic E-state index is -0.422. The second kappa shape index (κ2) is 10.2. The number of benzene rings is 2. The second-order valence-electron chi connectivity index (χ2n) is 9.18. The van der Waals surface area contributed by atoms with E-state index in [1.807, 2.05) is 59.2 Å². The van der Waals surface area contributed by atoms with Crippen LogP contribution in [0.2, 0.25) is 5.02 Å². The number of nitrogens with one attached hydrogen (secondary N) is 1. The third-order valence-electron chi connectivity index (χ3n) is 6.66. The highest BCUT2D eigenvalue weighted by Crippen LogP contribution is 2.23. The summed E-state index contributed by atoms with van der Waals surface area (Å²) in [5.41, 5.74) is 1.64. The molecule has 2 aromatic heterocycles. The number of amides is 1. The number of piperazine rings is 1. The minimum Gasteiger partial charge on any atom is -0.340 e. The highest BCUT2D eigenvalue weighted by atomic mass is 35.5. The summed E-state index contributed by atoms with van der Waals surface area (Å²) in [5, 5.41) is 3.55. The van der Waals surface area contributed by atoms with Crippen molar-refractivity contribution in [1.82, 2.24) is 23.6 Å². The van der Waals surface area contributed by atoms with E-state index in [-0.39, 0.29) is 11.5 Å². The molecule has 0 radical (unpaired) electrons. The van der Waals surface area contributed by atoms with Gasteiger partial charge in [0.25, 0.3) is 5.56 Å². The van der Waals surface area contributed by atoms with Gasteiger partial charge in [0.05, 0.1) is 13.1 Å². The summed E-state index contributed by atoms with van der Waals surface area (Å²) in [7, 11) is 3.10. The van der Waals surface area contributed by atoms with Crippen molar-refractivity contribution in [2.45, 2.75) is 6.54 Å². The van der Waals surface area contributed by atoms with Crippen molar-refractivity contribution in [3.63, 3.8) is 0 Å². The predicted molar refractivity (Wildman–Crippen MR) is 144 cm³/mol. The van der Waals surface area contributed by atoms with Crippen molar-refractivity contribution in [2.75, 3.05) is 42.9 Å². The van der Waals surface area contributed by atoms with Gasteiger partial charge in [0, 0.05) is 51.0 Å². The maximum atomic E-state index is 13.2. The molecular weight excluding hydrogens is 494 g/mol. The molecule has 0 bridgehead atoms. The van der Waals surface area contributed by atoms with E-state index in [9.17, 15) is 14.4 Å². The van der Waals surface area contributed by atoms with Crippen LogP contribution in [-0.2, 0) is 25.4 Å². The molecule has 192 valence electrons. The van der Waals surface area contributed by atoms with E-state index in [2.05, 4.69) is 15.1 Å². The van der Waals surface area contributed by atoms with Crippen LogP contribution in [0.3, 0.4) is 0 Å². The zero-order valence-electron chi connectivity index (χ0n) is 20.7. The van der Waals surface area contributed by atoms with Crippen molar-refractivity contribution in [2.24, 2.45) is 14.1 Å². The Bertz CT molecular complexity index is 1550. The fourth-order valence-corrected chi connectivity index (χ4v) is 4.76. The highest BCUT2D eigenvalue weighted by molar-refractivity contribution is 6.30. The maximum absolute atomic E-state index is 13.2. The summed E-state index contributed by atoms with van der Waals surface area (Å²) >= 11 is 6.07. The average molecular weight is 522 g/mol. The molecule has 1 N–H and O–H groups in total. The van der Waals surface area contributed by atoms with Gasteiger partial charge in [-0.25, -0.2) is 4.79 Å². The molecule has 0 spiro atoms. The molecule has 0 saturated carbocycles. The minimum absolute atomic E-state index is 0.0619. The number of nitrogens with zero attached hydrogens (tertiary/aromatic N) is 6. The molecule has 0 atom stereocenters. The Hall–Kier alpha value is -3.89. The average Bonchev–Trinajstić information content (AvgIpc) is 3.27. The van der Waals surface area contributed by atoms with Crippen LogP contribution < -0.4 is 21.5 Å². The van der Waals surface area contributed by atoms with Crippen LogP contribution in [0.15, 0.2) is 64.2 Å². The van der Waals surface area contributed by atoms with Gasteiger partial charge in [-0.2, -0.15) is 4.98 Å². The first kappa shape index (κ1) is 24.8. The van der Waals surface area contributed by atoms with Crippen LogP contribution in [-0.4, -0.2) is 62.2 Å². The van der Waals surface area contributed by atoms with E-state index in [0.29, 0.717) is 61.4 Å². The van der Waals surface area contributed by atoms with E-state index in [0.717, 1.165) is 15.8 Å². The number of fused-ring (bicyclic) bond motifs is 1. The topological polar surface area (TPSA) is 97.4 Å². The molecule has 2 aromatic carbocycles. The second-order valence-corrected chi connectivity index (χ2v) is 9.62. The molecule has 4 aromatic rings. The number of carbonyl (C=O) groups excluding carboxylic acids is 1. The molecule has 0 unspecified atom stereocenters. The zero-order valence-corrected chi connectivity index (χ0v) is 21.5. The number of carbonyl (C=O) groups is 1. The summed E-state index contributed by atoms with van der Waals surface area (Å²) in [5.74, 6) is 0.560. The van der Waals surface area contributed by atoms with Crippen LogP contribution in [0.25, 0.3) is 11.2 Å². The number of anilines is 2. The fourth-order valence-electron chi connectivity index (χ4n) is 4.63. The first-order valence-electron chi connectivity index (χ1n) is 12.0. The first-order chi connectivity index (χ1) is 17.8. The SMILES string of the molecule is Cn1c(=O)c2c(nc(N3CCN(CC(=O)Nc4ccccc4)CC3)n2Cc2ccc(Cl)cc2)n(C)c1=O. The van der Waals surface area contributed by atoms with Gasteiger partial charge in [0.15, 0.2) is 11.2 Å². The number of rotatable bonds is 6. The van der Waals surface area contributed by atoms with Gasteiger partial charge < -0.3 is 10.2 Å². The summed E-state index contributed by atoms with van der Waals surface area (Å²) in [6, 6.07) is 16.8. The number of hydrogen-bond acceptors (Lipinski definition) is 6. The van der Waals surface area contributed by atoms with Crippen LogP contribution in [0.4, 0.5) is 11.6 Å². The quantitative estimate of drug-likeness (QED) is 0.416. The summed E-state index contributed by atoms with van der Waals surface area (Å²) in [6.45, 7) is 3.25. The van der Waals surface area contributed by atoms with Crippen molar-refractivity contribution < 1.29 is 4.79 Å². The molecule has 1 amide bonds. The van der Waals surface area contributed by atoms with E-state index in [1.54, 1.807) is 7.05 Å². The fraction of sp³-hybridized carbons (Fsp3) is 0.308. The number of imidazole rings is 1. The molecule has 5 rings (SSSR count). The Morgan fingerprint density at radius 3 is 2.30 bits per heavy atom. The molecule has 3 heterocycles. The smallest absolute Gasteiger partial charge is 0.332 e. The third-order valence-corrected chi connectivity index (χ3v) is 6.91. The lowest BCUT2D eigenvalue weighted by Gasteiger charge is -2.35. The van der Waals surface area contributed by atoms with Gasteiger partial charge in [-0.1, -0.05) is 41.9 Å². The Labute approximate surface area is 218 Å². The van der Waals surface area contributed by atoms with Crippen molar-refractivity contribution >= 4 is 40.3 Å². The summed E-state index contributed by atoms with van der Waals surface area (Å²) < 4.78 is 4.39. The third kappa shape index (κ3) is 5.03. The van der Waals surface area contributed by atoms with Crippen LogP contribution in [0.1, 0.15) is 5.56 Å². The van der Waals surface area contributed by atoms with E-state index in [4.69, 9.17) is 16.6 Å². The lowest BCUT2D eigenvalue weighted by atomic mass is 10.2. The molecule has 0 aliphatic carbocycles. The highest BCUT2D eigenvalue weighted by Gasteiger charge is 2.26. The molecule has 1 aliphatic heterocycles. The van der Waals surface area contributed by atoms with Gasteiger partial charge in [0.1, 0.15) is 0 Å². The lowest BCUT2D eigenvalue weighted by molar-refractivity contribution is -0.117. The van der Waals surface area contributed by atoms with Gasteiger partial charge >= 0.3 is 5.69 Å². The van der Waals surface area contributed by atoms with Gasteiger partial charge in [-0.3, -0.25) is 28.2 Å². The molecule has 10 nitrogen and oxygen atoms in total. The van der Waals surface area contributed by atoms with E-state index < -0.39 is 5.69 Å². The lowest BCUT2D eigenvalue weighted by Crippen LogP contribution is -2.49. The van der Waals surface area contributed by atoms with Gasteiger partial charge in [-0.15, -0.1) is 0 Å². The number of aromatic nitrogens is 4. The monoisotopic (exact) mass is 521 g/mol. The van der Waals surface area contributed by atoms with Crippen LogP contribution in [0.5, 0.6) is 0 Å². The predicted octanol–water partition coefficient (Wildman–Crippen LogP) is 1.90. The number of para-hydroxylation sites is 1. The molecular formula is C26H28ClN7O3. The van der Waals surface area contributed by atoms with Crippen LogP contribution in [0, 0.1) is 0 Å². The standard InChI is InChI=1S/C26H28ClN7O3/c1-30-23-22(24(36)31(2)26(30)37)34(16-18-8-10-19(27)11-9-18)25(29-23)33-14-12-32(13-15-33)17-21(35)28-20-6-4-3-5-7-20/h3-11H,12-17H2,1-2H3,(H,28,35). The summed E-state index contributed by atoms with van der Waals surface area (Å²) in [4.78, 5) is 47.2. The molecule has 11 heteroatoms. The van der Waals surface area contributed by atoms with E-state index in [1.165, 1.54) is 11.6 Å². The van der Waals surface area contributed by atoms with Gasteiger partial charge in [0.2, 0.25) is 11.9 Å². The molecule has 37 heavy (non-hydrogen) atoms. The Balaban J connectivity index is 1.40. The first-order valence-corrected chi connectivity index (χ1v) is 12.4. The Morgan fingerprint density at radius 2 is 1.62 bits per heavy atom. The Kier molecular flexibility index (Phi) is 6.86. The normalized spacial score (nSPS) is 14.3. The Morgan fingerprint density at radius 1 is 0.946 bits per heavy atom. The molecule has 1 saturated heterocycles. The van der Waals surface area contributed by atoms with E-state index >= 15 is 0 Å². The zero-order chi connectivity index (χ0) is 26.1. The maximum Gasteiger partial charge on any atom is 0.332 e. The number of aryl methyl sites for hydroxylation is 1. The number of hydrogen-bond donors (Lipinski definition) is 1. The van der Waals surface area contributed by atoms with Crippen molar-refractivity contribution in [3.8, 4) is 0 Å².